The van der Waals surface area contributed by atoms with Gasteiger partial charge in [-0.05, 0) is 29.8 Å². The maximum Gasteiger partial charge on any atom is 0.307 e. The average Bonchev–Trinajstić information content (AvgIpc) is 2.67. The molecule has 25 heavy (non-hydrogen) atoms. The van der Waals surface area contributed by atoms with Crippen molar-refractivity contribution in [3.63, 3.8) is 0 Å². The number of carbonyl (C=O) groups is 2. The van der Waals surface area contributed by atoms with Gasteiger partial charge in [0, 0.05) is 5.56 Å². The molecule has 6 nitrogen and oxygen atoms in total. The highest BCUT2D eigenvalue weighted by molar-refractivity contribution is 5.94. The van der Waals surface area contributed by atoms with Crippen LogP contribution in [0.15, 0.2) is 48.5 Å². The normalized spacial score (nSPS) is 11.3. The summed E-state index contributed by atoms with van der Waals surface area (Å²) in [4.78, 5) is 24.2. The number of amides is 1. The van der Waals surface area contributed by atoms with Crippen LogP contribution >= 0.6 is 0 Å². The Morgan fingerprint density at radius 3 is 2.24 bits per heavy atom. The SMILES string of the molecule is COC(=O)CC(NC(=O)c1ccccc1)c1ccc(OC)c(OC)c1. The third-order valence-electron chi connectivity index (χ3n) is 3.75. The third-order valence-corrected chi connectivity index (χ3v) is 3.75. The predicted molar refractivity (Wildman–Crippen MR) is 92.8 cm³/mol. The highest BCUT2D eigenvalue weighted by Gasteiger charge is 2.21. The molecule has 0 bridgehead atoms. The van der Waals surface area contributed by atoms with Crippen LogP contribution in [0.4, 0.5) is 0 Å². The van der Waals surface area contributed by atoms with Gasteiger partial charge in [0.25, 0.3) is 5.91 Å². The zero-order chi connectivity index (χ0) is 18.2. The molecule has 0 saturated heterocycles. The van der Waals surface area contributed by atoms with Gasteiger partial charge in [-0.1, -0.05) is 24.3 Å². The van der Waals surface area contributed by atoms with Gasteiger partial charge in [-0.15, -0.1) is 0 Å². The first-order valence-electron chi connectivity index (χ1n) is 7.73. The van der Waals surface area contributed by atoms with Crippen molar-refractivity contribution in [2.24, 2.45) is 0 Å². The van der Waals surface area contributed by atoms with Crippen LogP contribution in [0.5, 0.6) is 11.5 Å². The van der Waals surface area contributed by atoms with E-state index in [0.717, 1.165) is 0 Å². The van der Waals surface area contributed by atoms with Gasteiger partial charge in [0.15, 0.2) is 11.5 Å². The van der Waals surface area contributed by atoms with Crippen molar-refractivity contribution < 1.29 is 23.8 Å². The van der Waals surface area contributed by atoms with Crippen LogP contribution in [0.2, 0.25) is 0 Å². The lowest BCUT2D eigenvalue weighted by molar-refractivity contribution is -0.141. The molecule has 2 rings (SSSR count). The van der Waals surface area contributed by atoms with Gasteiger partial charge in [-0.3, -0.25) is 9.59 Å². The maximum absolute atomic E-state index is 12.5. The Morgan fingerprint density at radius 2 is 1.64 bits per heavy atom. The van der Waals surface area contributed by atoms with E-state index >= 15 is 0 Å². The zero-order valence-corrected chi connectivity index (χ0v) is 14.4. The number of methoxy groups -OCH3 is 3. The second kappa shape index (κ2) is 8.73. The van der Waals surface area contributed by atoms with E-state index in [1.165, 1.54) is 14.2 Å². The Labute approximate surface area is 146 Å². The number of benzene rings is 2. The Hall–Kier alpha value is -3.02. The molecule has 0 fully saturated rings. The first-order chi connectivity index (χ1) is 12.1. The molecule has 1 amide bonds. The minimum atomic E-state index is -0.556. The van der Waals surface area contributed by atoms with Crippen LogP contribution in [0, 0.1) is 0 Å². The van der Waals surface area contributed by atoms with E-state index in [-0.39, 0.29) is 12.3 Å². The van der Waals surface area contributed by atoms with Crippen LogP contribution in [-0.4, -0.2) is 33.2 Å². The second-order valence-corrected chi connectivity index (χ2v) is 5.29. The number of ether oxygens (including phenoxy) is 3. The van der Waals surface area contributed by atoms with Gasteiger partial charge in [0.2, 0.25) is 0 Å². The van der Waals surface area contributed by atoms with Crippen molar-refractivity contribution >= 4 is 11.9 Å². The maximum atomic E-state index is 12.5. The largest absolute Gasteiger partial charge is 0.493 e. The summed E-state index contributed by atoms with van der Waals surface area (Å²) in [7, 11) is 4.38. The summed E-state index contributed by atoms with van der Waals surface area (Å²) in [6.07, 6.45) is 0.00452. The van der Waals surface area contributed by atoms with Crippen LogP contribution < -0.4 is 14.8 Å². The molecule has 0 saturated carbocycles. The number of rotatable bonds is 7. The van der Waals surface area contributed by atoms with Crippen LogP contribution in [0.3, 0.4) is 0 Å². The number of hydrogen-bond acceptors (Lipinski definition) is 5. The molecule has 0 radical (unpaired) electrons. The highest BCUT2D eigenvalue weighted by Crippen LogP contribution is 2.31. The molecule has 0 aliphatic heterocycles. The fourth-order valence-electron chi connectivity index (χ4n) is 2.40. The predicted octanol–water partition coefficient (Wildman–Crippen LogP) is 2.74. The van der Waals surface area contributed by atoms with Crippen LogP contribution in [0.1, 0.15) is 28.4 Å². The van der Waals surface area contributed by atoms with Crippen molar-refractivity contribution in [1.29, 1.82) is 0 Å². The van der Waals surface area contributed by atoms with Crippen molar-refractivity contribution in [2.45, 2.75) is 12.5 Å². The summed E-state index contributed by atoms with van der Waals surface area (Å²) < 4.78 is 15.3. The lowest BCUT2D eigenvalue weighted by Gasteiger charge is -2.20. The number of hydrogen-bond donors (Lipinski definition) is 1. The Morgan fingerprint density at radius 1 is 0.960 bits per heavy atom. The van der Waals surface area contributed by atoms with Crippen molar-refractivity contribution in [3.8, 4) is 11.5 Å². The molecule has 1 N–H and O–H groups in total. The van der Waals surface area contributed by atoms with E-state index in [2.05, 4.69) is 5.32 Å². The fourth-order valence-corrected chi connectivity index (χ4v) is 2.40. The summed E-state index contributed by atoms with van der Waals surface area (Å²) in [6, 6.07) is 13.5. The van der Waals surface area contributed by atoms with E-state index in [0.29, 0.717) is 22.6 Å². The molecule has 0 heterocycles. The molecule has 1 atom stereocenters. The lowest BCUT2D eigenvalue weighted by atomic mass is 10.0. The van der Waals surface area contributed by atoms with E-state index in [1.54, 1.807) is 49.6 Å². The summed E-state index contributed by atoms with van der Waals surface area (Å²) in [5, 5.41) is 2.87. The average molecular weight is 343 g/mol. The molecule has 0 spiro atoms. The summed E-state index contributed by atoms with van der Waals surface area (Å²) in [5.41, 5.74) is 1.23. The standard InChI is InChI=1S/C19H21NO5/c1-23-16-10-9-14(11-17(16)24-2)15(12-18(21)25-3)20-19(22)13-7-5-4-6-8-13/h4-11,15H,12H2,1-3H3,(H,20,22). The molecule has 6 heteroatoms. The molecular formula is C19H21NO5. The Kier molecular flexibility index (Phi) is 6.39. The molecule has 2 aromatic rings. The van der Waals surface area contributed by atoms with Gasteiger partial charge in [-0.25, -0.2) is 0 Å². The topological polar surface area (TPSA) is 73.9 Å². The monoisotopic (exact) mass is 343 g/mol. The van der Waals surface area contributed by atoms with Gasteiger partial charge in [-0.2, -0.15) is 0 Å². The van der Waals surface area contributed by atoms with E-state index < -0.39 is 12.0 Å². The van der Waals surface area contributed by atoms with Crippen molar-refractivity contribution in [3.05, 3.63) is 59.7 Å². The second-order valence-electron chi connectivity index (χ2n) is 5.29. The van der Waals surface area contributed by atoms with Gasteiger partial charge in [0.05, 0.1) is 33.8 Å². The first-order valence-corrected chi connectivity index (χ1v) is 7.73. The molecule has 2 aromatic carbocycles. The molecule has 1 unspecified atom stereocenters. The Balaban J connectivity index is 2.29. The smallest absolute Gasteiger partial charge is 0.307 e. The zero-order valence-electron chi connectivity index (χ0n) is 14.4. The molecular weight excluding hydrogens is 322 g/mol. The minimum Gasteiger partial charge on any atom is -0.493 e. The van der Waals surface area contributed by atoms with Gasteiger partial charge in [0.1, 0.15) is 0 Å². The third kappa shape index (κ3) is 4.73. The van der Waals surface area contributed by atoms with E-state index in [9.17, 15) is 9.59 Å². The molecule has 0 aromatic heterocycles. The van der Waals surface area contributed by atoms with Crippen molar-refractivity contribution in [1.82, 2.24) is 5.32 Å². The summed E-state index contributed by atoms with van der Waals surface area (Å²) >= 11 is 0. The number of esters is 1. The van der Waals surface area contributed by atoms with Crippen LogP contribution in [0.25, 0.3) is 0 Å². The summed E-state index contributed by atoms with van der Waals surface area (Å²) in [5.74, 6) is 0.388. The summed E-state index contributed by atoms with van der Waals surface area (Å²) in [6.45, 7) is 0. The highest BCUT2D eigenvalue weighted by atomic mass is 16.5. The Bertz CT molecular complexity index is 730. The number of carbonyl (C=O) groups excluding carboxylic acids is 2. The molecule has 0 aliphatic carbocycles. The lowest BCUT2D eigenvalue weighted by Crippen LogP contribution is -2.30. The van der Waals surface area contributed by atoms with E-state index in [4.69, 9.17) is 14.2 Å². The fraction of sp³-hybridized carbons (Fsp3) is 0.263. The van der Waals surface area contributed by atoms with E-state index in [1.807, 2.05) is 6.07 Å². The van der Waals surface area contributed by atoms with Crippen molar-refractivity contribution in [2.75, 3.05) is 21.3 Å². The minimum absolute atomic E-state index is 0.00452. The number of nitrogens with one attached hydrogen (secondary N) is 1. The van der Waals surface area contributed by atoms with Gasteiger partial charge >= 0.3 is 5.97 Å². The molecule has 0 aliphatic rings. The van der Waals surface area contributed by atoms with Crippen LogP contribution in [-0.2, 0) is 9.53 Å². The quantitative estimate of drug-likeness (QED) is 0.783. The first kappa shape index (κ1) is 18.3. The van der Waals surface area contributed by atoms with Gasteiger partial charge < -0.3 is 19.5 Å². The molecule has 132 valence electrons.